The topological polar surface area (TPSA) is 84.7 Å². The van der Waals surface area contributed by atoms with Crippen LogP contribution >= 0.6 is 0 Å². The van der Waals surface area contributed by atoms with E-state index in [9.17, 15) is 9.59 Å². The summed E-state index contributed by atoms with van der Waals surface area (Å²) in [5.41, 5.74) is 6.94. The number of benzene rings is 2. The van der Waals surface area contributed by atoms with Gasteiger partial charge in [-0.3, -0.25) is 4.79 Å². The van der Waals surface area contributed by atoms with E-state index in [1.165, 1.54) is 0 Å². The zero-order valence-electron chi connectivity index (χ0n) is 14.4. The van der Waals surface area contributed by atoms with Gasteiger partial charge in [-0.25, -0.2) is 4.79 Å². The van der Waals surface area contributed by atoms with Crippen molar-refractivity contribution in [3.05, 3.63) is 60.2 Å². The van der Waals surface area contributed by atoms with E-state index in [1.54, 1.807) is 24.1 Å². The molecule has 0 fully saturated rings. The minimum Gasteiger partial charge on any atom is -0.497 e. The lowest BCUT2D eigenvalue weighted by atomic mass is 10.0. The average Bonchev–Trinajstić information content (AvgIpc) is 2.63. The molecule has 0 saturated heterocycles. The number of ether oxygens (including phenoxy) is 1. The molecule has 1 atom stereocenters. The summed E-state index contributed by atoms with van der Waals surface area (Å²) in [6.07, 6.45) is 0.370. The predicted octanol–water partition coefficient (Wildman–Crippen LogP) is 2.33. The number of rotatable bonds is 7. The molecule has 6 nitrogen and oxygen atoms in total. The first-order valence-corrected chi connectivity index (χ1v) is 8.10. The van der Waals surface area contributed by atoms with E-state index in [1.807, 2.05) is 49.4 Å². The lowest BCUT2D eigenvalue weighted by Crippen LogP contribution is -2.51. The lowest BCUT2D eigenvalue weighted by Gasteiger charge is -2.27. The zero-order chi connectivity index (χ0) is 18.2. The van der Waals surface area contributed by atoms with Gasteiger partial charge in [0.1, 0.15) is 11.8 Å². The second kappa shape index (κ2) is 8.73. The van der Waals surface area contributed by atoms with Crippen LogP contribution in [0.2, 0.25) is 0 Å². The fourth-order valence-electron chi connectivity index (χ4n) is 2.64. The molecule has 0 bridgehead atoms. The molecule has 132 valence electrons. The van der Waals surface area contributed by atoms with Crippen molar-refractivity contribution >= 4 is 17.6 Å². The van der Waals surface area contributed by atoms with E-state index in [4.69, 9.17) is 10.5 Å². The van der Waals surface area contributed by atoms with Crippen molar-refractivity contribution < 1.29 is 14.3 Å². The lowest BCUT2D eigenvalue weighted by molar-refractivity contribution is -0.120. The van der Waals surface area contributed by atoms with Crippen molar-refractivity contribution in [3.8, 4) is 5.75 Å². The summed E-state index contributed by atoms with van der Waals surface area (Å²) in [6.45, 7) is 2.35. The third-order valence-electron chi connectivity index (χ3n) is 3.86. The summed E-state index contributed by atoms with van der Waals surface area (Å²) >= 11 is 0. The van der Waals surface area contributed by atoms with Crippen molar-refractivity contribution in [2.24, 2.45) is 5.73 Å². The molecule has 0 aromatic heterocycles. The third kappa shape index (κ3) is 4.97. The number of carbonyl (C=O) groups excluding carboxylic acids is 2. The molecule has 2 aromatic rings. The molecular weight excluding hydrogens is 318 g/mol. The predicted molar refractivity (Wildman–Crippen MR) is 97.7 cm³/mol. The summed E-state index contributed by atoms with van der Waals surface area (Å²) < 4.78 is 5.15. The van der Waals surface area contributed by atoms with Crippen LogP contribution in [-0.4, -0.2) is 31.6 Å². The number of hydrogen-bond acceptors (Lipinski definition) is 3. The highest BCUT2D eigenvalue weighted by Crippen LogP contribution is 2.20. The highest BCUT2D eigenvalue weighted by molar-refractivity contribution is 5.99. The molecule has 25 heavy (non-hydrogen) atoms. The van der Waals surface area contributed by atoms with Gasteiger partial charge in [-0.1, -0.05) is 30.3 Å². The number of anilines is 1. The Morgan fingerprint density at radius 2 is 1.76 bits per heavy atom. The Bertz CT molecular complexity index is 702. The smallest absolute Gasteiger partial charge is 0.312 e. The van der Waals surface area contributed by atoms with E-state index >= 15 is 0 Å². The van der Waals surface area contributed by atoms with Crippen molar-refractivity contribution in [2.45, 2.75) is 19.4 Å². The van der Waals surface area contributed by atoms with Crippen LogP contribution in [0.1, 0.15) is 12.5 Å². The van der Waals surface area contributed by atoms with Gasteiger partial charge >= 0.3 is 6.03 Å². The number of likely N-dealkylation sites (N-methyl/N-ethyl adjacent to an activating group) is 1. The molecule has 3 N–H and O–H groups in total. The van der Waals surface area contributed by atoms with Crippen molar-refractivity contribution in [1.29, 1.82) is 0 Å². The fraction of sp³-hybridized carbons (Fsp3) is 0.263. The van der Waals surface area contributed by atoms with Crippen LogP contribution in [0.25, 0.3) is 0 Å². The summed E-state index contributed by atoms with van der Waals surface area (Å²) in [5, 5.41) is 2.56. The first kappa shape index (κ1) is 18.3. The third-order valence-corrected chi connectivity index (χ3v) is 3.86. The minimum absolute atomic E-state index is 0.213. The molecule has 0 spiro atoms. The number of nitrogens with zero attached hydrogens (tertiary/aromatic N) is 1. The number of carbonyl (C=O) groups is 2. The minimum atomic E-state index is -0.734. The maximum Gasteiger partial charge on any atom is 0.312 e. The zero-order valence-corrected chi connectivity index (χ0v) is 14.4. The van der Waals surface area contributed by atoms with E-state index < -0.39 is 12.1 Å². The Kier molecular flexibility index (Phi) is 6.39. The Labute approximate surface area is 147 Å². The molecular formula is C19H23N3O3. The number of nitrogens with one attached hydrogen (secondary N) is 1. The Hall–Kier alpha value is -3.02. The standard InChI is InChI=1S/C19H23N3O3/c1-3-22(15-9-11-16(25-2)12-10-15)18(23)17(21-19(20)24)13-14-7-5-4-6-8-14/h4-12,17H,3,13H2,1-2H3,(H3,20,21,24)/t17-/m0/s1. The fourth-order valence-corrected chi connectivity index (χ4v) is 2.64. The molecule has 3 amide bonds. The van der Waals surface area contributed by atoms with Gasteiger partial charge in [-0.05, 0) is 36.8 Å². The largest absolute Gasteiger partial charge is 0.497 e. The Morgan fingerprint density at radius 1 is 1.12 bits per heavy atom. The van der Waals surface area contributed by atoms with E-state index in [-0.39, 0.29) is 5.91 Å². The highest BCUT2D eigenvalue weighted by atomic mass is 16.5. The van der Waals surface area contributed by atoms with Gasteiger partial charge in [0.2, 0.25) is 5.91 Å². The Balaban J connectivity index is 2.23. The first-order chi connectivity index (χ1) is 12.0. The quantitative estimate of drug-likeness (QED) is 0.810. The second-order valence-corrected chi connectivity index (χ2v) is 5.53. The van der Waals surface area contributed by atoms with Crippen molar-refractivity contribution in [3.63, 3.8) is 0 Å². The SMILES string of the molecule is CCN(C(=O)[C@H](Cc1ccccc1)NC(N)=O)c1ccc(OC)cc1. The molecule has 0 radical (unpaired) electrons. The van der Waals surface area contributed by atoms with Crippen molar-refractivity contribution in [2.75, 3.05) is 18.6 Å². The van der Waals surface area contributed by atoms with Gasteiger partial charge in [0, 0.05) is 18.7 Å². The molecule has 0 aliphatic heterocycles. The maximum absolute atomic E-state index is 13.0. The van der Waals surface area contributed by atoms with Crippen LogP contribution < -0.4 is 20.7 Å². The molecule has 0 saturated carbocycles. The molecule has 0 unspecified atom stereocenters. The van der Waals surface area contributed by atoms with Crippen LogP contribution in [0.3, 0.4) is 0 Å². The van der Waals surface area contributed by atoms with E-state index in [0.29, 0.717) is 18.7 Å². The molecule has 6 heteroatoms. The molecule has 0 heterocycles. The molecule has 0 aliphatic rings. The van der Waals surface area contributed by atoms with Gasteiger partial charge in [-0.2, -0.15) is 0 Å². The first-order valence-electron chi connectivity index (χ1n) is 8.10. The van der Waals surface area contributed by atoms with Gasteiger partial charge in [0.05, 0.1) is 7.11 Å². The maximum atomic E-state index is 13.0. The van der Waals surface area contributed by atoms with E-state index in [2.05, 4.69) is 5.32 Å². The number of amides is 3. The summed E-state index contributed by atoms with van der Waals surface area (Å²) in [7, 11) is 1.59. The average molecular weight is 341 g/mol. The van der Waals surface area contributed by atoms with Gasteiger partial charge in [0.25, 0.3) is 0 Å². The van der Waals surface area contributed by atoms with Crippen LogP contribution in [0, 0.1) is 0 Å². The number of hydrogen-bond donors (Lipinski definition) is 2. The monoisotopic (exact) mass is 341 g/mol. The molecule has 2 aromatic carbocycles. The summed E-state index contributed by atoms with van der Waals surface area (Å²) in [5.74, 6) is 0.499. The number of primary amides is 1. The number of urea groups is 1. The summed E-state index contributed by atoms with van der Waals surface area (Å²) in [6, 6.07) is 15.2. The van der Waals surface area contributed by atoms with Crippen LogP contribution in [0.5, 0.6) is 5.75 Å². The van der Waals surface area contributed by atoms with Crippen LogP contribution in [-0.2, 0) is 11.2 Å². The van der Waals surface area contributed by atoms with Gasteiger partial charge < -0.3 is 20.7 Å². The molecule has 2 rings (SSSR count). The normalized spacial score (nSPS) is 11.4. The molecule has 0 aliphatic carbocycles. The van der Waals surface area contributed by atoms with Crippen LogP contribution in [0.15, 0.2) is 54.6 Å². The summed E-state index contributed by atoms with van der Waals surface area (Å²) in [4.78, 5) is 26.0. The number of methoxy groups -OCH3 is 1. The number of nitrogens with two attached hydrogens (primary N) is 1. The van der Waals surface area contributed by atoms with Crippen molar-refractivity contribution in [1.82, 2.24) is 5.32 Å². The Morgan fingerprint density at radius 3 is 2.28 bits per heavy atom. The van der Waals surface area contributed by atoms with Crippen LogP contribution in [0.4, 0.5) is 10.5 Å². The van der Waals surface area contributed by atoms with Gasteiger partial charge in [0.15, 0.2) is 0 Å². The van der Waals surface area contributed by atoms with E-state index in [0.717, 1.165) is 11.3 Å². The van der Waals surface area contributed by atoms with Gasteiger partial charge in [-0.15, -0.1) is 0 Å². The highest BCUT2D eigenvalue weighted by Gasteiger charge is 2.26. The second-order valence-electron chi connectivity index (χ2n) is 5.53.